The summed E-state index contributed by atoms with van der Waals surface area (Å²) in [5.41, 5.74) is 0.974. The first kappa shape index (κ1) is 15.8. The zero-order valence-electron chi connectivity index (χ0n) is 13.3. The predicted octanol–water partition coefficient (Wildman–Crippen LogP) is 1.67. The molecule has 0 aliphatic carbocycles. The van der Waals surface area contributed by atoms with E-state index in [4.69, 9.17) is 9.26 Å². The normalized spacial score (nSPS) is 19.0. The highest BCUT2D eigenvalue weighted by Crippen LogP contribution is 2.13. The van der Waals surface area contributed by atoms with Gasteiger partial charge >= 0.3 is 0 Å². The molecule has 1 aliphatic heterocycles. The van der Waals surface area contributed by atoms with E-state index in [2.05, 4.69) is 41.3 Å². The summed E-state index contributed by atoms with van der Waals surface area (Å²) in [6.07, 6.45) is 2.01. The molecule has 1 fully saturated rings. The molecule has 1 N–H and O–H groups in total. The summed E-state index contributed by atoms with van der Waals surface area (Å²) in [5, 5.41) is 7.31. The van der Waals surface area contributed by atoms with Crippen molar-refractivity contribution in [1.29, 1.82) is 0 Å². The zero-order chi connectivity index (χ0) is 15.1. The molecule has 118 valence electrons. The van der Waals surface area contributed by atoms with E-state index >= 15 is 0 Å². The SMILES string of the molecule is CCNC(=NCc1cc(CC)no1)N(C)CC1CCOC1. The van der Waals surface area contributed by atoms with Crippen LogP contribution in [0.1, 0.15) is 31.7 Å². The fraction of sp³-hybridized carbons (Fsp3) is 0.733. The van der Waals surface area contributed by atoms with Gasteiger partial charge in [-0.2, -0.15) is 0 Å². The molecule has 1 aliphatic rings. The molecule has 0 spiro atoms. The van der Waals surface area contributed by atoms with E-state index in [0.717, 1.165) is 56.6 Å². The Bertz CT molecular complexity index is 452. The van der Waals surface area contributed by atoms with Crippen molar-refractivity contribution < 1.29 is 9.26 Å². The second kappa shape index (κ2) is 8.02. The number of hydrogen-bond donors (Lipinski definition) is 1. The fourth-order valence-corrected chi connectivity index (χ4v) is 2.42. The predicted molar refractivity (Wildman–Crippen MR) is 82.3 cm³/mol. The van der Waals surface area contributed by atoms with Gasteiger partial charge in [-0.1, -0.05) is 12.1 Å². The maximum absolute atomic E-state index is 5.43. The van der Waals surface area contributed by atoms with Gasteiger partial charge in [0.15, 0.2) is 11.7 Å². The van der Waals surface area contributed by atoms with Crippen molar-refractivity contribution in [2.45, 2.75) is 33.2 Å². The highest BCUT2D eigenvalue weighted by atomic mass is 16.5. The Morgan fingerprint density at radius 3 is 3.00 bits per heavy atom. The molecule has 0 amide bonds. The van der Waals surface area contributed by atoms with Gasteiger partial charge in [0.1, 0.15) is 6.54 Å². The zero-order valence-corrected chi connectivity index (χ0v) is 13.3. The summed E-state index contributed by atoms with van der Waals surface area (Å²) in [7, 11) is 2.07. The smallest absolute Gasteiger partial charge is 0.194 e. The van der Waals surface area contributed by atoms with Crippen molar-refractivity contribution in [3.63, 3.8) is 0 Å². The van der Waals surface area contributed by atoms with Crippen molar-refractivity contribution in [2.75, 3.05) is 33.4 Å². The highest BCUT2D eigenvalue weighted by Gasteiger charge is 2.19. The van der Waals surface area contributed by atoms with Crippen LogP contribution in [0.4, 0.5) is 0 Å². The average Bonchev–Trinajstić information content (AvgIpc) is 3.14. The van der Waals surface area contributed by atoms with Crippen molar-refractivity contribution >= 4 is 5.96 Å². The number of aryl methyl sites for hydroxylation is 1. The summed E-state index contributed by atoms with van der Waals surface area (Å²) < 4.78 is 10.7. The maximum atomic E-state index is 5.43. The molecule has 1 unspecified atom stereocenters. The van der Waals surface area contributed by atoms with Crippen LogP contribution in [-0.2, 0) is 17.7 Å². The molecule has 21 heavy (non-hydrogen) atoms. The number of nitrogens with zero attached hydrogens (tertiary/aromatic N) is 3. The molecule has 1 aromatic rings. The van der Waals surface area contributed by atoms with Gasteiger partial charge in [-0.05, 0) is 19.8 Å². The van der Waals surface area contributed by atoms with Gasteiger partial charge in [0.25, 0.3) is 0 Å². The summed E-state index contributed by atoms with van der Waals surface area (Å²) >= 11 is 0. The Hall–Kier alpha value is -1.56. The molecule has 1 atom stereocenters. The van der Waals surface area contributed by atoms with Crippen LogP contribution >= 0.6 is 0 Å². The van der Waals surface area contributed by atoms with E-state index in [0.29, 0.717) is 12.5 Å². The molecular formula is C15H26N4O2. The first-order valence-corrected chi connectivity index (χ1v) is 7.74. The van der Waals surface area contributed by atoms with E-state index in [-0.39, 0.29) is 0 Å². The first-order valence-electron chi connectivity index (χ1n) is 7.74. The molecule has 2 heterocycles. The standard InChI is InChI=1S/C15H26N4O2/c1-4-13-8-14(21-18-13)9-17-15(16-5-2)19(3)10-12-6-7-20-11-12/h8,12H,4-7,9-11H2,1-3H3,(H,16,17). The van der Waals surface area contributed by atoms with E-state index < -0.39 is 0 Å². The van der Waals surface area contributed by atoms with Crippen molar-refractivity contribution in [3.8, 4) is 0 Å². The summed E-state index contributed by atoms with van der Waals surface area (Å²) in [6, 6.07) is 1.97. The van der Waals surface area contributed by atoms with Crippen LogP contribution in [0.2, 0.25) is 0 Å². The number of aromatic nitrogens is 1. The van der Waals surface area contributed by atoms with Crippen molar-refractivity contribution in [3.05, 3.63) is 17.5 Å². The molecule has 1 aromatic heterocycles. The molecule has 6 heteroatoms. The largest absolute Gasteiger partial charge is 0.381 e. The number of rotatable bonds is 6. The summed E-state index contributed by atoms with van der Waals surface area (Å²) in [5.74, 6) is 2.30. The van der Waals surface area contributed by atoms with Gasteiger partial charge in [0, 0.05) is 38.7 Å². The maximum Gasteiger partial charge on any atom is 0.194 e. The van der Waals surface area contributed by atoms with Crippen LogP contribution in [0.15, 0.2) is 15.6 Å². The number of hydrogen-bond acceptors (Lipinski definition) is 4. The van der Waals surface area contributed by atoms with Crippen LogP contribution in [-0.4, -0.2) is 49.4 Å². The minimum Gasteiger partial charge on any atom is -0.381 e. The van der Waals surface area contributed by atoms with Gasteiger partial charge in [-0.25, -0.2) is 4.99 Å². The summed E-state index contributed by atoms with van der Waals surface area (Å²) in [6.45, 7) is 8.19. The highest BCUT2D eigenvalue weighted by molar-refractivity contribution is 5.79. The number of ether oxygens (including phenoxy) is 1. The Kier molecular flexibility index (Phi) is 6.04. The Morgan fingerprint density at radius 1 is 1.52 bits per heavy atom. The van der Waals surface area contributed by atoms with Gasteiger partial charge in [-0.15, -0.1) is 0 Å². The molecular weight excluding hydrogens is 268 g/mol. The van der Waals surface area contributed by atoms with E-state index in [9.17, 15) is 0 Å². The van der Waals surface area contributed by atoms with Crippen LogP contribution < -0.4 is 5.32 Å². The van der Waals surface area contributed by atoms with E-state index in [1.54, 1.807) is 0 Å². The second-order valence-electron chi connectivity index (χ2n) is 5.42. The Balaban J connectivity index is 1.93. The van der Waals surface area contributed by atoms with Crippen molar-refractivity contribution in [2.24, 2.45) is 10.9 Å². The average molecular weight is 294 g/mol. The van der Waals surface area contributed by atoms with Crippen LogP contribution in [0.5, 0.6) is 0 Å². The van der Waals surface area contributed by atoms with Crippen LogP contribution in [0.3, 0.4) is 0 Å². The topological polar surface area (TPSA) is 62.9 Å². The molecule has 6 nitrogen and oxygen atoms in total. The number of nitrogens with one attached hydrogen (secondary N) is 1. The molecule has 2 rings (SSSR count). The summed E-state index contributed by atoms with van der Waals surface area (Å²) in [4.78, 5) is 6.80. The third-order valence-corrected chi connectivity index (χ3v) is 3.61. The van der Waals surface area contributed by atoms with E-state index in [1.807, 2.05) is 6.07 Å². The lowest BCUT2D eigenvalue weighted by molar-refractivity contribution is 0.181. The molecule has 0 radical (unpaired) electrons. The Labute approximate surface area is 126 Å². The van der Waals surface area contributed by atoms with Gasteiger partial charge in [0.2, 0.25) is 0 Å². The first-order chi connectivity index (χ1) is 10.2. The lowest BCUT2D eigenvalue weighted by Crippen LogP contribution is -2.41. The van der Waals surface area contributed by atoms with Crippen molar-refractivity contribution in [1.82, 2.24) is 15.4 Å². The fourth-order valence-electron chi connectivity index (χ4n) is 2.42. The van der Waals surface area contributed by atoms with E-state index in [1.165, 1.54) is 0 Å². The quantitative estimate of drug-likeness (QED) is 0.639. The van der Waals surface area contributed by atoms with Gasteiger partial charge in [0.05, 0.1) is 12.3 Å². The lowest BCUT2D eigenvalue weighted by atomic mass is 10.1. The number of aliphatic imine (C=N–C) groups is 1. The third kappa shape index (κ3) is 4.74. The van der Waals surface area contributed by atoms with Crippen LogP contribution in [0, 0.1) is 5.92 Å². The van der Waals surface area contributed by atoms with Gasteiger partial charge < -0.3 is 19.5 Å². The van der Waals surface area contributed by atoms with Gasteiger partial charge in [-0.3, -0.25) is 0 Å². The second-order valence-corrected chi connectivity index (χ2v) is 5.42. The van der Waals surface area contributed by atoms with Crippen LogP contribution in [0.25, 0.3) is 0 Å². The molecule has 0 bridgehead atoms. The Morgan fingerprint density at radius 2 is 2.38 bits per heavy atom. The monoisotopic (exact) mass is 294 g/mol. The molecule has 1 saturated heterocycles. The molecule has 0 aromatic carbocycles. The lowest BCUT2D eigenvalue weighted by Gasteiger charge is -2.24. The number of guanidine groups is 1. The third-order valence-electron chi connectivity index (χ3n) is 3.61. The minimum atomic E-state index is 0.515. The minimum absolute atomic E-state index is 0.515. The molecule has 0 saturated carbocycles.